The molecular formula is C23H28N2O3S2. The molecule has 7 heteroatoms. The lowest BCUT2D eigenvalue weighted by Gasteiger charge is -2.29. The first-order valence-electron chi connectivity index (χ1n) is 10.4. The molecule has 2 aliphatic heterocycles. The molecular weight excluding hydrogens is 416 g/mol. The minimum absolute atomic E-state index is 0.0667. The molecule has 0 aromatic heterocycles. The molecule has 0 radical (unpaired) electrons. The van der Waals surface area contributed by atoms with Crippen LogP contribution in [0.1, 0.15) is 47.6 Å². The number of benzene rings is 2. The highest BCUT2D eigenvalue weighted by Gasteiger charge is 2.41. The van der Waals surface area contributed by atoms with Gasteiger partial charge in [0.2, 0.25) is 15.9 Å². The lowest BCUT2D eigenvalue weighted by atomic mass is 10.0. The third-order valence-electron chi connectivity index (χ3n) is 5.95. The molecule has 2 aromatic rings. The minimum atomic E-state index is -3.74. The number of nitrogens with zero attached hydrogens (tertiary/aromatic N) is 1. The van der Waals surface area contributed by atoms with Crippen molar-refractivity contribution in [3.8, 4) is 0 Å². The van der Waals surface area contributed by atoms with Crippen LogP contribution in [0.5, 0.6) is 0 Å². The summed E-state index contributed by atoms with van der Waals surface area (Å²) in [6, 6.07) is 11.2. The first kappa shape index (κ1) is 21.4. The van der Waals surface area contributed by atoms with Crippen LogP contribution in [0.2, 0.25) is 0 Å². The average Bonchev–Trinajstić information content (AvgIpc) is 3.18. The number of hydrogen-bond acceptors (Lipinski definition) is 4. The third-order valence-corrected chi connectivity index (χ3v) is 9.29. The normalized spacial score (nSPS) is 22.0. The fraction of sp³-hybridized carbons (Fsp3) is 0.435. The Labute approximate surface area is 183 Å². The van der Waals surface area contributed by atoms with E-state index in [4.69, 9.17) is 0 Å². The molecule has 0 spiro atoms. The number of carbonyl (C=O) groups is 1. The second-order valence-electron chi connectivity index (χ2n) is 8.24. The number of hydrogen-bond donors (Lipinski definition) is 1. The van der Waals surface area contributed by atoms with Crippen molar-refractivity contribution in [2.24, 2.45) is 0 Å². The van der Waals surface area contributed by atoms with E-state index in [9.17, 15) is 13.2 Å². The van der Waals surface area contributed by atoms with Crippen molar-refractivity contribution in [2.75, 3.05) is 12.3 Å². The molecule has 5 nitrogen and oxygen atoms in total. The maximum Gasteiger partial charge on any atom is 0.244 e. The van der Waals surface area contributed by atoms with Crippen molar-refractivity contribution in [3.05, 3.63) is 58.7 Å². The molecule has 2 aromatic carbocycles. The maximum atomic E-state index is 13.5. The van der Waals surface area contributed by atoms with Gasteiger partial charge in [0, 0.05) is 17.2 Å². The minimum Gasteiger partial charge on any atom is -0.348 e. The van der Waals surface area contributed by atoms with E-state index in [0.29, 0.717) is 24.3 Å². The summed E-state index contributed by atoms with van der Waals surface area (Å²) in [6.45, 7) is 6.00. The van der Waals surface area contributed by atoms with Gasteiger partial charge in [-0.2, -0.15) is 4.31 Å². The first-order chi connectivity index (χ1) is 14.3. The van der Waals surface area contributed by atoms with E-state index in [1.165, 1.54) is 9.20 Å². The topological polar surface area (TPSA) is 66.5 Å². The Hall–Kier alpha value is -1.83. The number of nitrogens with one attached hydrogen (secondary N) is 1. The van der Waals surface area contributed by atoms with Gasteiger partial charge in [-0.25, -0.2) is 8.42 Å². The van der Waals surface area contributed by atoms with Gasteiger partial charge in [0.1, 0.15) is 6.04 Å². The van der Waals surface area contributed by atoms with Gasteiger partial charge in [0.15, 0.2) is 0 Å². The van der Waals surface area contributed by atoms with Crippen LogP contribution < -0.4 is 5.32 Å². The summed E-state index contributed by atoms with van der Waals surface area (Å²) in [6.07, 6.45) is 2.10. The molecule has 2 aliphatic rings. The van der Waals surface area contributed by atoms with E-state index in [1.807, 2.05) is 45.0 Å². The number of amides is 1. The van der Waals surface area contributed by atoms with E-state index in [2.05, 4.69) is 17.4 Å². The molecule has 1 N–H and O–H groups in total. The number of aryl methyl sites for hydroxylation is 3. The average molecular weight is 445 g/mol. The number of fused-ring (bicyclic) bond motifs is 1. The van der Waals surface area contributed by atoms with Crippen molar-refractivity contribution in [3.63, 3.8) is 0 Å². The second kappa shape index (κ2) is 8.36. The molecule has 160 valence electrons. The highest BCUT2D eigenvalue weighted by molar-refractivity contribution is 7.99. The fourth-order valence-electron chi connectivity index (χ4n) is 4.74. The predicted molar refractivity (Wildman–Crippen MR) is 120 cm³/mol. The zero-order valence-corrected chi connectivity index (χ0v) is 19.3. The van der Waals surface area contributed by atoms with Crippen molar-refractivity contribution in [2.45, 2.75) is 61.9 Å². The first-order valence-corrected chi connectivity index (χ1v) is 12.8. The Kier molecular flexibility index (Phi) is 5.97. The van der Waals surface area contributed by atoms with Crippen LogP contribution in [0.4, 0.5) is 0 Å². The van der Waals surface area contributed by atoms with Gasteiger partial charge < -0.3 is 5.32 Å². The molecule has 4 rings (SSSR count). The standard InChI is InChI=1S/C23H28N2O3S2/c1-15-13-16(2)22(17(3)14-15)30(27,28)25-11-6-8-20(25)23(26)24-19-10-12-29-21-9-5-4-7-18(19)21/h4-5,7,9,13-14,19-20H,6,8,10-12H2,1-3H3,(H,24,26). The summed E-state index contributed by atoms with van der Waals surface area (Å²) >= 11 is 1.80. The Bertz CT molecular complexity index is 1060. The Balaban J connectivity index is 1.59. The monoisotopic (exact) mass is 444 g/mol. The quantitative estimate of drug-likeness (QED) is 0.770. The molecule has 2 unspecified atom stereocenters. The van der Waals surface area contributed by atoms with Gasteiger partial charge in [0.05, 0.1) is 10.9 Å². The van der Waals surface area contributed by atoms with Crippen LogP contribution in [0.25, 0.3) is 0 Å². The summed E-state index contributed by atoms with van der Waals surface area (Å²) < 4.78 is 28.5. The SMILES string of the molecule is Cc1cc(C)c(S(=O)(=O)N2CCCC2C(=O)NC2CCSc3ccccc32)c(C)c1. The summed E-state index contributed by atoms with van der Waals surface area (Å²) in [5, 5.41) is 3.15. The van der Waals surface area contributed by atoms with Gasteiger partial charge in [0.25, 0.3) is 0 Å². The summed E-state index contributed by atoms with van der Waals surface area (Å²) in [4.78, 5) is 14.7. The number of thioether (sulfide) groups is 1. The summed E-state index contributed by atoms with van der Waals surface area (Å²) in [5.41, 5.74) is 3.63. The fourth-order valence-corrected chi connectivity index (χ4v) is 7.94. The summed E-state index contributed by atoms with van der Waals surface area (Å²) in [7, 11) is -3.74. The number of sulfonamides is 1. The molecule has 1 amide bonds. The highest BCUT2D eigenvalue weighted by Crippen LogP contribution is 2.36. The van der Waals surface area contributed by atoms with Crippen LogP contribution >= 0.6 is 11.8 Å². The molecule has 2 heterocycles. The zero-order chi connectivity index (χ0) is 21.5. The van der Waals surface area contributed by atoms with Crippen molar-refractivity contribution < 1.29 is 13.2 Å². The maximum absolute atomic E-state index is 13.5. The Morgan fingerprint density at radius 2 is 1.80 bits per heavy atom. The van der Waals surface area contributed by atoms with Gasteiger partial charge in [-0.05, 0) is 62.8 Å². The molecule has 2 atom stereocenters. The largest absolute Gasteiger partial charge is 0.348 e. The third kappa shape index (κ3) is 3.90. The predicted octanol–water partition coefficient (Wildman–Crippen LogP) is 4.12. The van der Waals surface area contributed by atoms with Crippen molar-refractivity contribution in [1.82, 2.24) is 9.62 Å². The lowest BCUT2D eigenvalue weighted by molar-refractivity contribution is -0.125. The van der Waals surface area contributed by atoms with E-state index < -0.39 is 16.1 Å². The van der Waals surface area contributed by atoms with E-state index >= 15 is 0 Å². The Morgan fingerprint density at radius 3 is 2.53 bits per heavy atom. The van der Waals surface area contributed by atoms with Crippen LogP contribution in [-0.4, -0.2) is 37.0 Å². The van der Waals surface area contributed by atoms with Gasteiger partial charge in [-0.3, -0.25) is 4.79 Å². The van der Waals surface area contributed by atoms with Crippen LogP contribution in [0.3, 0.4) is 0 Å². The molecule has 30 heavy (non-hydrogen) atoms. The second-order valence-corrected chi connectivity index (χ2v) is 11.2. The molecule has 0 aliphatic carbocycles. The number of rotatable bonds is 4. The summed E-state index contributed by atoms with van der Waals surface area (Å²) in [5.74, 6) is 0.751. The molecule has 0 bridgehead atoms. The molecule has 0 saturated carbocycles. The lowest BCUT2D eigenvalue weighted by Crippen LogP contribution is -2.47. The van der Waals surface area contributed by atoms with Crippen LogP contribution in [0.15, 0.2) is 46.2 Å². The van der Waals surface area contributed by atoms with Crippen LogP contribution in [0, 0.1) is 20.8 Å². The van der Waals surface area contributed by atoms with E-state index in [0.717, 1.165) is 34.4 Å². The van der Waals surface area contributed by atoms with Crippen molar-refractivity contribution >= 4 is 27.7 Å². The Morgan fingerprint density at radius 1 is 1.10 bits per heavy atom. The van der Waals surface area contributed by atoms with E-state index in [-0.39, 0.29) is 11.9 Å². The zero-order valence-electron chi connectivity index (χ0n) is 17.6. The molecule has 1 fully saturated rings. The van der Waals surface area contributed by atoms with E-state index in [1.54, 1.807) is 11.8 Å². The van der Waals surface area contributed by atoms with Crippen LogP contribution in [-0.2, 0) is 14.8 Å². The van der Waals surface area contributed by atoms with Gasteiger partial charge in [-0.1, -0.05) is 35.9 Å². The smallest absolute Gasteiger partial charge is 0.244 e. The van der Waals surface area contributed by atoms with Gasteiger partial charge in [-0.15, -0.1) is 11.8 Å². The highest BCUT2D eigenvalue weighted by atomic mass is 32.2. The van der Waals surface area contributed by atoms with Crippen molar-refractivity contribution in [1.29, 1.82) is 0 Å². The molecule has 1 saturated heterocycles. The number of carbonyl (C=O) groups excluding carboxylic acids is 1. The van der Waals surface area contributed by atoms with Gasteiger partial charge >= 0.3 is 0 Å².